The van der Waals surface area contributed by atoms with Crippen molar-refractivity contribution in [2.24, 2.45) is 0 Å². The Morgan fingerprint density at radius 1 is 1.38 bits per heavy atom. The molecule has 0 radical (unpaired) electrons. The average Bonchev–Trinajstić information content (AvgIpc) is 2.66. The standard InChI is InChI=1S/C12H17N3O/c1-2-3-4-7-14-12-15-10-6-5-9(13)8-11(10)16-12/h5-6,8H,2-4,7,13H2,1H3,(H,14,15). The summed E-state index contributed by atoms with van der Waals surface area (Å²) in [6.45, 7) is 3.08. The molecule has 1 heterocycles. The van der Waals surface area contributed by atoms with Crippen LogP contribution >= 0.6 is 0 Å². The summed E-state index contributed by atoms with van der Waals surface area (Å²) in [6, 6.07) is 6.06. The van der Waals surface area contributed by atoms with E-state index >= 15 is 0 Å². The van der Waals surface area contributed by atoms with Crippen molar-refractivity contribution in [3.63, 3.8) is 0 Å². The summed E-state index contributed by atoms with van der Waals surface area (Å²) in [5, 5.41) is 3.17. The second kappa shape index (κ2) is 4.88. The summed E-state index contributed by atoms with van der Waals surface area (Å²) in [5.41, 5.74) is 7.93. The number of anilines is 2. The number of hydrogen-bond donors (Lipinski definition) is 2. The smallest absolute Gasteiger partial charge is 0.295 e. The molecule has 0 aliphatic heterocycles. The lowest BCUT2D eigenvalue weighted by Gasteiger charge is -1.98. The summed E-state index contributed by atoms with van der Waals surface area (Å²) in [7, 11) is 0. The second-order valence-corrected chi connectivity index (χ2v) is 3.88. The van der Waals surface area contributed by atoms with Gasteiger partial charge in [0.1, 0.15) is 5.52 Å². The Labute approximate surface area is 94.8 Å². The molecule has 0 fully saturated rings. The molecule has 0 atom stereocenters. The lowest BCUT2D eigenvalue weighted by atomic mass is 10.2. The minimum Gasteiger partial charge on any atom is -0.423 e. The third-order valence-corrected chi connectivity index (χ3v) is 2.47. The lowest BCUT2D eigenvalue weighted by molar-refractivity contribution is 0.609. The molecule has 1 aromatic carbocycles. The van der Waals surface area contributed by atoms with Crippen LogP contribution < -0.4 is 11.1 Å². The maximum absolute atomic E-state index is 5.66. The molecule has 0 aliphatic rings. The van der Waals surface area contributed by atoms with Gasteiger partial charge in [-0.25, -0.2) is 0 Å². The first-order valence-corrected chi connectivity index (χ1v) is 5.69. The number of nitrogens with zero attached hydrogens (tertiary/aromatic N) is 1. The molecule has 1 aromatic heterocycles. The molecular formula is C12H17N3O. The van der Waals surface area contributed by atoms with Gasteiger partial charge in [0.15, 0.2) is 5.58 Å². The molecule has 3 N–H and O–H groups in total. The van der Waals surface area contributed by atoms with E-state index in [-0.39, 0.29) is 0 Å². The van der Waals surface area contributed by atoms with Gasteiger partial charge in [-0.2, -0.15) is 4.98 Å². The van der Waals surface area contributed by atoms with Crippen molar-refractivity contribution in [2.75, 3.05) is 17.6 Å². The third kappa shape index (κ3) is 2.45. The highest BCUT2D eigenvalue weighted by Crippen LogP contribution is 2.20. The molecule has 16 heavy (non-hydrogen) atoms. The Hall–Kier alpha value is -1.71. The van der Waals surface area contributed by atoms with Crippen molar-refractivity contribution in [1.29, 1.82) is 0 Å². The summed E-state index contributed by atoms with van der Waals surface area (Å²) in [4.78, 5) is 4.32. The minimum atomic E-state index is 0.580. The van der Waals surface area contributed by atoms with Gasteiger partial charge in [-0.3, -0.25) is 0 Å². The van der Waals surface area contributed by atoms with Crippen molar-refractivity contribution >= 4 is 22.8 Å². The van der Waals surface area contributed by atoms with Crippen molar-refractivity contribution in [3.05, 3.63) is 18.2 Å². The summed E-state index contributed by atoms with van der Waals surface area (Å²) in [6.07, 6.45) is 3.57. The predicted molar refractivity (Wildman–Crippen MR) is 66.4 cm³/mol. The molecule has 0 saturated heterocycles. The largest absolute Gasteiger partial charge is 0.423 e. The topological polar surface area (TPSA) is 64.1 Å². The molecule has 2 rings (SSSR count). The number of nitrogens with one attached hydrogen (secondary N) is 1. The molecule has 0 spiro atoms. The molecule has 0 amide bonds. The van der Waals surface area contributed by atoms with Gasteiger partial charge in [0, 0.05) is 18.3 Å². The molecule has 0 unspecified atom stereocenters. The summed E-state index contributed by atoms with van der Waals surface area (Å²) >= 11 is 0. The fourth-order valence-electron chi connectivity index (χ4n) is 1.59. The molecule has 4 nitrogen and oxygen atoms in total. The van der Waals surface area contributed by atoms with Gasteiger partial charge in [0.25, 0.3) is 6.01 Å². The number of fused-ring (bicyclic) bond motifs is 1. The minimum absolute atomic E-state index is 0.580. The fourth-order valence-corrected chi connectivity index (χ4v) is 1.59. The monoisotopic (exact) mass is 219 g/mol. The van der Waals surface area contributed by atoms with E-state index in [4.69, 9.17) is 10.2 Å². The first-order chi connectivity index (χ1) is 7.79. The Balaban J connectivity index is 2.02. The third-order valence-electron chi connectivity index (χ3n) is 2.47. The summed E-state index contributed by atoms with van der Waals surface area (Å²) in [5.74, 6) is 0. The number of rotatable bonds is 5. The van der Waals surface area contributed by atoms with Gasteiger partial charge in [-0.05, 0) is 18.6 Å². The van der Waals surface area contributed by atoms with E-state index in [0.717, 1.165) is 24.1 Å². The predicted octanol–water partition coefficient (Wildman–Crippen LogP) is 3.01. The van der Waals surface area contributed by atoms with Crippen LogP contribution in [0.4, 0.5) is 11.7 Å². The van der Waals surface area contributed by atoms with Crippen molar-refractivity contribution in [3.8, 4) is 0 Å². The van der Waals surface area contributed by atoms with E-state index in [1.54, 1.807) is 6.07 Å². The Bertz CT molecular complexity index is 464. The Morgan fingerprint density at radius 3 is 3.06 bits per heavy atom. The van der Waals surface area contributed by atoms with E-state index in [1.165, 1.54) is 12.8 Å². The highest BCUT2D eigenvalue weighted by Gasteiger charge is 2.04. The normalized spacial score (nSPS) is 10.8. The first kappa shape index (κ1) is 10.8. The average molecular weight is 219 g/mol. The molecule has 0 aliphatic carbocycles. The van der Waals surface area contributed by atoms with Crippen LogP contribution in [0.2, 0.25) is 0 Å². The van der Waals surface area contributed by atoms with E-state index in [2.05, 4.69) is 17.2 Å². The van der Waals surface area contributed by atoms with Crippen LogP contribution in [0.1, 0.15) is 26.2 Å². The number of nitrogens with two attached hydrogens (primary N) is 1. The maximum Gasteiger partial charge on any atom is 0.295 e. The van der Waals surface area contributed by atoms with Crippen LogP contribution in [0.3, 0.4) is 0 Å². The van der Waals surface area contributed by atoms with Crippen LogP contribution in [0.25, 0.3) is 11.1 Å². The quantitative estimate of drug-likeness (QED) is 0.599. The SMILES string of the molecule is CCCCCNc1nc2ccc(N)cc2o1. The number of unbranched alkanes of at least 4 members (excludes halogenated alkanes) is 2. The summed E-state index contributed by atoms with van der Waals surface area (Å²) < 4.78 is 5.53. The van der Waals surface area contributed by atoms with Gasteiger partial charge in [0.2, 0.25) is 0 Å². The molecule has 0 saturated carbocycles. The highest BCUT2D eigenvalue weighted by molar-refractivity contribution is 5.77. The zero-order chi connectivity index (χ0) is 11.4. The Morgan fingerprint density at radius 2 is 2.25 bits per heavy atom. The van der Waals surface area contributed by atoms with E-state index < -0.39 is 0 Å². The highest BCUT2D eigenvalue weighted by atomic mass is 16.4. The maximum atomic E-state index is 5.66. The van der Waals surface area contributed by atoms with Gasteiger partial charge in [0.05, 0.1) is 0 Å². The van der Waals surface area contributed by atoms with Crippen LogP contribution in [-0.2, 0) is 0 Å². The molecule has 0 bridgehead atoms. The van der Waals surface area contributed by atoms with Crippen LogP contribution in [-0.4, -0.2) is 11.5 Å². The lowest BCUT2D eigenvalue weighted by Crippen LogP contribution is -2.00. The van der Waals surface area contributed by atoms with Gasteiger partial charge < -0.3 is 15.5 Å². The second-order valence-electron chi connectivity index (χ2n) is 3.88. The van der Waals surface area contributed by atoms with Crippen LogP contribution in [0.5, 0.6) is 0 Å². The van der Waals surface area contributed by atoms with Crippen molar-refractivity contribution in [1.82, 2.24) is 4.98 Å². The zero-order valence-corrected chi connectivity index (χ0v) is 9.49. The van der Waals surface area contributed by atoms with Crippen molar-refractivity contribution in [2.45, 2.75) is 26.2 Å². The van der Waals surface area contributed by atoms with Crippen LogP contribution in [0, 0.1) is 0 Å². The first-order valence-electron chi connectivity index (χ1n) is 5.69. The van der Waals surface area contributed by atoms with Gasteiger partial charge in [-0.1, -0.05) is 19.8 Å². The van der Waals surface area contributed by atoms with Crippen LogP contribution in [0.15, 0.2) is 22.6 Å². The number of oxazole rings is 1. The fraction of sp³-hybridized carbons (Fsp3) is 0.417. The van der Waals surface area contributed by atoms with E-state index in [1.807, 2.05) is 12.1 Å². The Kier molecular flexibility index (Phi) is 3.29. The van der Waals surface area contributed by atoms with Gasteiger partial charge >= 0.3 is 0 Å². The molecule has 2 aromatic rings. The molecular weight excluding hydrogens is 202 g/mol. The van der Waals surface area contributed by atoms with E-state index in [9.17, 15) is 0 Å². The number of benzene rings is 1. The molecule has 4 heteroatoms. The number of hydrogen-bond acceptors (Lipinski definition) is 4. The zero-order valence-electron chi connectivity index (χ0n) is 9.49. The van der Waals surface area contributed by atoms with E-state index in [0.29, 0.717) is 11.7 Å². The number of aromatic nitrogens is 1. The van der Waals surface area contributed by atoms with Gasteiger partial charge in [-0.15, -0.1) is 0 Å². The van der Waals surface area contributed by atoms with Crippen molar-refractivity contribution < 1.29 is 4.42 Å². The number of nitrogen functional groups attached to an aromatic ring is 1. The molecule has 86 valence electrons.